The van der Waals surface area contributed by atoms with Crippen LogP contribution in [0.1, 0.15) is 45.4 Å². The van der Waals surface area contributed by atoms with E-state index in [9.17, 15) is 4.79 Å². The first kappa shape index (κ1) is 9.97. The van der Waals surface area contributed by atoms with Gasteiger partial charge in [0.2, 0.25) is 0 Å². The second-order valence-electron chi connectivity index (χ2n) is 4.23. The maximum atomic E-state index is 11.7. The van der Waals surface area contributed by atoms with Gasteiger partial charge < -0.3 is 9.47 Å². The quantitative estimate of drug-likeness (QED) is 0.394. The molecule has 3 nitrogen and oxygen atoms in total. The minimum Gasteiger partial charge on any atom is -0.463 e. The van der Waals surface area contributed by atoms with Crippen LogP contribution in [0.15, 0.2) is 0 Å². The average molecular weight is 198 g/mol. The summed E-state index contributed by atoms with van der Waals surface area (Å²) in [5, 5.41) is 0. The molecule has 0 N–H and O–H groups in total. The van der Waals surface area contributed by atoms with Gasteiger partial charge in [0.05, 0.1) is 12.7 Å². The lowest BCUT2D eigenvalue weighted by molar-refractivity contribution is -0.150. The number of carbonyl (C=O) groups excluding carboxylic acids is 1. The lowest BCUT2D eigenvalue weighted by Crippen LogP contribution is -2.32. The number of unbranched alkanes of at least 4 members (excludes halogenated alkanes) is 1. The number of hydrogen-bond acceptors (Lipinski definition) is 3. The highest BCUT2D eigenvalue weighted by atomic mass is 16.7. The van der Waals surface area contributed by atoms with Crippen LogP contribution in [0, 0.1) is 0 Å². The van der Waals surface area contributed by atoms with Crippen molar-refractivity contribution in [2.24, 2.45) is 0 Å². The van der Waals surface area contributed by atoms with Crippen molar-refractivity contribution < 1.29 is 14.3 Å². The van der Waals surface area contributed by atoms with E-state index in [4.69, 9.17) is 9.47 Å². The lowest BCUT2D eigenvalue weighted by Gasteiger charge is -2.15. The molecule has 0 amide bonds. The Kier molecular flexibility index (Phi) is 2.77. The summed E-state index contributed by atoms with van der Waals surface area (Å²) in [5.74, 6) is -0.115. The topological polar surface area (TPSA) is 38.8 Å². The van der Waals surface area contributed by atoms with Crippen LogP contribution in [0.3, 0.4) is 0 Å². The van der Waals surface area contributed by atoms with Crippen LogP contribution >= 0.6 is 0 Å². The molecular weight excluding hydrogens is 180 g/mol. The minimum atomic E-state index is -0.508. The fraction of sp³-hybridized carbons (Fsp3) is 0.909. The predicted octanol–water partition coefficient (Wildman–Crippen LogP) is 2.04. The molecule has 0 aromatic rings. The highest BCUT2D eigenvalue weighted by Crippen LogP contribution is 2.48. The van der Waals surface area contributed by atoms with Gasteiger partial charge in [-0.2, -0.15) is 0 Å². The third kappa shape index (κ3) is 1.65. The van der Waals surface area contributed by atoms with E-state index in [1.807, 2.05) is 0 Å². The fourth-order valence-electron chi connectivity index (χ4n) is 2.16. The second-order valence-corrected chi connectivity index (χ2v) is 4.23. The zero-order valence-electron chi connectivity index (χ0n) is 8.75. The van der Waals surface area contributed by atoms with Gasteiger partial charge in [0, 0.05) is 0 Å². The molecule has 2 atom stereocenters. The molecule has 80 valence electrons. The minimum absolute atomic E-state index is 0.115. The summed E-state index contributed by atoms with van der Waals surface area (Å²) in [6.45, 7) is 2.64. The zero-order valence-corrected chi connectivity index (χ0v) is 8.75. The molecule has 14 heavy (non-hydrogen) atoms. The van der Waals surface area contributed by atoms with Gasteiger partial charge in [0.25, 0.3) is 0 Å². The summed E-state index contributed by atoms with van der Waals surface area (Å²) in [6.07, 6.45) is 6.36. The van der Waals surface area contributed by atoms with Gasteiger partial charge in [-0.1, -0.05) is 19.8 Å². The van der Waals surface area contributed by atoms with E-state index >= 15 is 0 Å². The van der Waals surface area contributed by atoms with E-state index < -0.39 is 5.60 Å². The first-order chi connectivity index (χ1) is 6.79. The van der Waals surface area contributed by atoms with E-state index in [-0.39, 0.29) is 12.1 Å². The number of fused-ring (bicyclic) bond motifs is 1. The average Bonchev–Trinajstić information content (AvgIpc) is 2.93. The van der Waals surface area contributed by atoms with Crippen LogP contribution in [0.25, 0.3) is 0 Å². The largest absolute Gasteiger partial charge is 0.463 e. The van der Waals surface area contributed by atoms with Crippen LogP contribution < -0.4 is 0 Å². The summed E-state index contributed by atoms with van der Waals surface area (Å²) >= 11 is 0. The Labute approximate surface area is 84.8 Å². The Bertz CT molecular complexity index is 227. The van der Waals surface area contributed by atoms with Gasteiger partial charge in [-0.15, -0.1) is 0 Å². The van der Waals surface area contributed by atoms with Gasteiger partial charge in [0.15, 0.2) is 5.60 Å². The molecule has 2 aliphatic rings. The van der Waals surface area contributed by atoms with E-state index in [1.54, 1.807) is 0 Å². The van der Waals surface area contributed by atoms with Crippen LogP contribution in [0.2, 0.25) is 0 Å². The molecule has 0 spiro atoms. The van der Waals surface area contributed by atoms with E-state index in [2.05, 4.69) is 6.92 Å². The van der Waals surface area contributed by atoms with Crippen molar-refractivity contribution in [1.29, 1.82) is 0 Å². The molecule has 0 unspecified atom stereocenters. The fourth-order valence-corrected chi connectivity index (χ4v) is 2.16. The number of carbonyl (C=O) groups is 1. The van der Waals surface area contributed by atoms with Gasteiger partial charge in [-0.05, 0) is 25.7 Å². The van der Waals surface area contributed by atoms with Crippen LogP contribution in [-0.4, -0.2) is 24.3 Å². The summed E-state index contributed by atoms with van der Waals surface area (Å²) in [7, 11) is 0. The highest BCUT2D eigenvalue weighted by Gasteiger charge is 2.64. The molecule has 1 heterocycles. The van der Waals surface area contributed by atoms with Gasteiger partial charge >= 0.3 is 5.97 Å². The second kappa shape index (κ2) is 3.89. The number of rotatable bonds is 4. The molecule has 0 aromatic heterocycles. The third-order valence-corrected chi connectivity index (χ3v) is 3.16. The maximum Gasteiger partial charge on any atom is 0.341 e. The van der Waals surface area contributed by atoms with Crippen LogP contribution in [-0.2, 0) is 14.3 Å². The van der Waals surface area contributed by atoms with E-state index in [0.717, 1.165) is 32.1 Å². The van der Waals surface area contributed by atoms with E-state index in [0.29, 0.717) is 6.61 Å². The Morgan fingerprint density at radius 2 is 2.43 bits per heavy atom. The Hall–Kier alpha value is -0.570. The molecule has 1 aliphatic carbocycles. The van der Waals surface area contributed by atoms with Gasteiger partial charge in [0.1, 0.15) is 0 Å². The molecule has 0 bridgehead atoms. The third-order valence-electron chi connectivity index (χ3n) is 3.16. The Morgan fingerprint density at radius 3 is 3.14 bits per heavy atom. The number of hydrogen-bond donors (Lipinski definition) is 0. The number of esters is 1. The molecule has 0 aromatic carbocycles. The number of epoxide rings is 1. The van der Waals surface area contributed by atoms with Crippen LogP contribution in [0.5, 0.6) is 0 Å². The first-order valence-corrected chi connectivity index (χ1v) is 5.64. The molecule has 0 radical (unpaired) electrons. The highest BCUT2D eigenvalue weighted by molar-refractivity contribution is 5.83. The Morgan fingerprint density at radius 1 is 1.57 bits per heavy atom. The van der Waals surface area contributed by atoms with Crippen LogP contribution in [0.4, 0.5) is 0 Å². The lowest BCUT2D eigenvalue weighted by atomic mass is 9.89. The molecule has 3 heteroatoms. The monoisotopic (exact) mass is 198 g/mol. The maximum absolute atomic E-state index is 11.7. The smallest absolute Gasteiger partial charge is 0.341 e. The van der Waals surface area contributed by atoms with Gasteiger partial charge in [-0.25, -0.2) is 4.79 Å². The SMILES string of the molecule is CCCCOC(=O)[C@]12CCCC[C@H]1O2. The summed E-state index contributed by atoms with van der Waals surface area (Å²) in [6, 6.07) is 0. The normalized spacial score (nSPS) is 34.8. The Balaban J connectivity index is 1.80. The molecule has 2 fully saturated rings. The summed E-state index contributed by atoms with van der Waals surface area (Å²) in [5.41, 5.74) is -0.508. The van der Waals surface area contributed by atoms with Gasteiger partial charge in [-0.3, -0.25) is 0 Å². The van der Waals surface area contributed by atoms with E-state index in [1.165, 1.54) is 6.42 Å². The van der Waals surface area contributed by atoms with Crippen molar-refractivity contribution in [3.05, 3.63) is 0 Å². The molecule has 1 saturated heterocycles. The molecular formula is C11H18O3. The van der Waals surface area contributed by atoms with Crippen molar-refractivity contribution in [2.45, 2.75) is 57.2 Å². The van der Waals surface area contributed by atoms with Crippen molar-refractivity contribution >= 4 is 5.97 Å². The standard InChI is InChI=1S/C11H18O3/c1-2-3-8-13-10(12)11-7-5-4-6-9(11)14-11/h9H,2-8H2,1H3/t9-,11+/m1/s1. The summed E-state index contributed by atoms with van der Waals surface area (Å²) < 4.78 is 10.7. The van der Waals surface area contributed by atoms with Crippen molar-refractivity contribution in [3.8, 4) is 0 Å². The van der Waals surface area contributed by atoms with Crippen molar-refractivity contribution in [1.82, 2.24) is 0 Å². The zero-order chi connectivity index (χ0) is 10.0. The molecule has 2 rings (SSSR count). The first-order valence-electron chi connectivity index (χ1n) is 5.64. The summed E-state index contributed by atoms with van der Waals surface area (Å²) in [4.78, 5) is 11.7. The predicted molar refractivity (Wildman–Crippen MR) is 51.9 cm³/mol. The molecule has 1 saturated carbocycles. The van der Waals surface area contributed by atoms with Crippen molar-refractivity contribution in [2.75, 3.05) is 6.61 Å². The molecule has 1 aliphatic heterocycles. The number of ether oxygens (including phenoxy) is 2. The van der Waals surface area contributed by atoms with Crippen molar-refractivity contribution in [3.63, 3.8) is 0 Å².